The first-order chi connectivity index (χ1) is 10.8. The fourth-order valence-corrected chi connectivity index (χ4v) is 3.83. The Labute approximate surface area is 142 Å². The topological polar surface area (TPSA) is 63.2 Å². The van der Waals surface area contributed by atoms with E-state index in [4.69, 9.17) is 21.3 Å². The second kappa shape index (κ2) is 5.72. The number of amides is 1. The largest absolute Gasteiger partial charge is 0.359 e. The third-order valence-electron chi connectivity index (χ3n) is 5.12. The summed E-state index contributed by atoms with van der Waals surface area (Å²) in [6.07, 6.45) is 1.36. The SMILES string of the molecule is CNC(=O)C(C)(C)C1OC2(CCNCC2)c2nc(C)c(Cl)cc21. The molecular formula is C17H24ClN3O2. The van der Waals surface area contributed by atoms with Crippen molar-refractivity contribution in [1.82, 2.24) is 15.6 Å². The zero-order valence-electron chi connectivity index (χ0n) is 14.1. The van der Waals surface area contributed by atoms with Gasteiger partial charge in [-0.05, 0) is 52.8 Å². The van der Waals surface area contributed by atoms with Crippen molar-refractivity contribution >= 4 is 17.5 Å². The van der Waals surface area contributed by atoms with Gasteiger partial charge in [-0.3, -0.25) is 9.78 Å². The minimum atomic E-state index is -0.696. The molecule has 1 atom stereocenters. The van der Waals surface area contributed by atoms with Gasteiger partial charge in [-0.15, -0.1) is 0 Å². The first kappa shape index (κ1) is 16.7. The monoisotopic (exact) mass is 337 g/mol. The molecule has 1 saturated heterocycles. The Bertz CT molecular complexity index is 639. The van der Waals surface area contributed by atoms with Gasteiger partial charge in [-0.1, -0.05) is 11.6 Å². The van der Waals surface area contributed by atoms with Gasteiger partial charge >= 0.3 is 0 Å². The number of fused-ring (bicyclic) bond motifs is 2. The number of aromatic nitrogens is 1. The van der Waals surface area contributed by atoms with E-state index in [2.05, 4.69) is 10.6 Å². The molecule has 1 fully saturated rings. The number of pyridine rings is 1. The Balaban J connectivity index is 2.12. The highest BCUT2D eigenvalue weighted by molar-refractivity contribution is 6.31. The molecule has 0 aromatic carbocycles. The number of carbonyl (C=O) groups excluding carboxylic acids is 1. The summed E-state index contributed by atoms with van der Waals surface area (Å²) in [5.41, 5.74) is 1.62. The van der Waals surface area contributed by atoms with Crippen molar-refractivity contribution in [3.63, 3.8) is 0 Å². The van der Waals surface area contributed by atoms with Crippen molar-refractivity contribution in [2.75, 3.05) is 20.1 Å². The van der Waals surface area contributed by atoms with Crippen LogP contribution >= 0.6 is 11.6 Å². The third-order valence-corrected chi connectivity index (χ3v) is 5.50. The van der Waals surface area contributed by atoms with E-state index in [9.17, 15) is 4.79 Å². The summed E-state index contributed by atoms with van der Waals surface area (Å²) in [6.45, 7) is 7.50. The number of carbonyl (C=O) groups is 1. The summed E-state index contributed by atoms with van der Waals surface area (Å²) in [4.78, 5) is 17.2. The maximum atomic E-state index is 12.4. The number of halogens is 1. The van der Waals surface area contributed by atoms with E-state index < -0.39 is 11.0 Å². The van der Waals surface area contributed by atoms with Gasteiger partial charge in [0, 0.05) is 12.6 Å². The van der Waals surface area contributed by atoms with Crippen molar-refractivity contribution in [3.05, 3.63) is 28.0 Å². The summed E-state index contributed by atoms with van der Waals surface area (Å²) in [5, 5.41) is 6.73. The molecule has 3 heterocycles. The Kier molecular flexibility index (Phi) is 4.15. The van der Waals surface area contributed by atoms with Crippen LogP contribution in [0.2, 0.25) is 5.02 Å². The summed E-state index contributed by atoms with van der Waals surface area (Å²) in [7, 11) is 1.65. The Morgan fingerprint density at radius 1 is 1.48 bits per heavy atom. The van der Waals surface area contributed by atoms with E-state index in [0.717, 1.165) is 42.9 Å². The molecule has 1 aromatic rings. The fourth-order valence-electron chi connectivity index (χ4n) is 3.67. The Morgan fingerprint density at radius 3 is 2.74 bits per heavy atom. The van der Waals surface area contributed by atoms with Gasteiger partial charge in [0.25, 0.3) is 0 Å². The molecule has 5 nitrogen and oxygen atoms in total. The molecule has 23 heavy (non-hydrogen) atoms. The lowest BCUT2D eigenvalue weighted by Gasteiger charge is -2.36. The molecule has 2 aliphatic heterocycles. The summed E-state index contributed by atoms with van der Waals surface area (Å²) < 4.78 is 6.54. The second-order valence-corrected chi connectivity index (χ2v) is 7.44. The Hall–Kier alpha value is -1.17. The highest BCUT2D eigenvalue weighted by atomic mass is 35.5. The zero-order valence-corrected chi connectivity index (χ0v) is 14.9. The number of hydrogen-bond acceptors (Lipinski definition) is 4. The predicted octanol–water partition coefficient (Wildman–Crippen LogP) is 2.47. The second-order valence-electron chi connectivity index (χ2n) is 7.04. The number of rotatable bonds is 2. The maximum Gasteiger partial charge on any atom is 0.228 e. The summed E-state index contributed by atoms with van der Waals surface area (Å²) in [6, 6.07) is 1.94. The molecule has 0 saturated carbocycles. The van der Waals surface area contributed by atoms with Crippen molar-refractivity contribution in [1.29, 1.82) is 0 Å². The first-order valence-electron chi connectivity index (χ1n) is 8.10. The van der Waals surface area contributed by atoms with Crippen molar-refractivity contribution in [2.24, 2.45) is 5.41 Å². The van der Waals surface area contributed by atoms with Crippen molar-refractivity contribution < 1.29 is 9.53 Å². The van der Waals surface area contributed by atoms with Crippen LogP contribution in [-0.2, 0) is 15.1 Å². The lowest BCUT2D eigenvalue weighted by Crippen LogP contribution is -2.43. The van der Waals surface area contributed by atoms with Crippen LogP contribution in [0.4, 0.5) is 0 Å². The predicted molar refractivity (Wildman–Crippen MR) is 89.4 cm³/mol. The normalized spacial score (nSPS) is 22.9. The molecule has 3 rings (SSSR count). The van der Waals surface area contributed by atoms with E-state index in [1.807, 2.05) is 26.8 Å². The molecule has 2 aliphatic rings. The average Bonchev–Trinajstić information content (AvgIpc) is 2.82. The molecule has 6 heteroatoms. The molecule has 2 N–H and O–H groups in total. The number of nitrogens with zero attached hydrogens (tertiary/aromatic N) is 1. The number of hydrogen-bond donors (Lipinski definition) is 2. The van der Waals surface area contributed by atoms with Crippen LogP contribution in [-0.4, -0.2) is 31.0 Å². The standard InChI is InChI=1S/C17H24ClN3O2/c1-10-12(18)9-11-13(21-10)17(5-7-20-8-6-17)23-14(11)16(2,3)15(22)19-4/h9,14,20H,5-8H2,1-4H3,(H,19,22). The van der Waals surface area contributed by atoms with Crippen LogP contribution in [0.5, 0.6) is 0 Å². The van der Waals surface area contributed by atoms with E-state index in [0.29, 0.717) is 5.02 Å². The van der Waals surface area contributed by atoms with Crippen molar-refractivity contribution in [2.45, 2.75) is 45.3 Å². The molecule has 1 unspecified atom stereocenters. The van der Waals surface area contributed by atoms with Crippen LogP contribution in [0.25, 0.3) is 0 Å². The summed E-state index contributed by atoms with van der Waals surface area (Å²) in [5.74, 6) is -0.0452. The van der Waals surface area contributed by atoms with E-state index in [1.54, 1.807) is 7.05 Å². The first-order valence-corrected chi connectivity index (χ1v) is 8.48. The van der Waals surface area contributed by atoms with E-state index >= 15 is 0 Å². The van der Waals surface area contributed by atoms with Gasteiger partial charge < -0.3 is 15.4 Å². The molecule has 1 amide bonds. The maximum absolute atomic E-state index is 12.4. The molecular weight excluding hydrogens is 314 g/mol. The fraction of sp³-hybridized carbons (Fsp3) is 0.647. The lowest BCUT2D eigenvalue weighted by molar-refractivity contribution is -0.156. The average molecular weight is 338 g/mol. The van der Waals surface area contributed by atoms with Crippen molar-refractivity contribution in [3.8, 4) is 0 Å². The van der Waals surface area contributed by atoms with Crippen LogP contribution in [0.1, 0.15) is 49.7 Å². The Morgan fingerprint density at radius 2 is 2.13 bits per heavy atom. The molecule has 1 spiro atoms. The van der Waals surface area contributed by atoms with E-state index in [-0.39, 0.29) is 12.0 Å². The molecule has 0 aliphatic carbocycles. The molecule has 1 aromatic heterocycles. The zero-order chi connectivity index (χ0) is 16.8. The third kappa shape index (κ3) is 2.55. The molecule has 0 bridgehead atoms. The van der Waals surface area contributed by atoms with Crippen LogP contribution in [0, 0.1) is 12.3 Å². The minimum absolute atomic E-state index is 0.0452. The molecule has 126 valence electrons. The van der Waals surface area contributed by atoms with Crippen LogP contribution in [0.15, 0.2) is 6.07 Å². The van der Waals surface area contributed by atoms with Gasteiger partial charge in [-0.2, -0.15) is 0 Å². The van der Waals surface area contributed by atoms with E-state index in [1.165, 1.54) is 0 Å². The quantitative estimate of drug-likeness (QED) is 0.870. The minimum Gasteiger partial charge on any atom is -0.359 e. The van der Waals surface area contributed by atoms with Gasteiger partial charge in [0.05, 0.1) is 27.9 Å². The van der Waals surface area contributed by atoms with Crippen LogP contribution in [0.3, 0.4) is 0 Å². The number of ether oxygens (including phenoxy) is 1. The highest BCUT2D eigenvalue weighted by Gasteiger charge is 2.53. The number of piperidine rings is 1. The van der Waals surface area contributed by atoms with Gasteiger partial charge in [0.1, 0.15) is 5.60 Å². The van der Waals surface area contributed by atoms with Crippen LogP contribution < -0.4 is 10.6 Å². The van der Waals surface area contributed by atoms with Gasteiger partial charge in [0.15, 0.2) is 0 Å². The summed E-state index contributed by atoms with van der Waals surface area (Å²) >= 11 is 6.32. The number of nitrogens with one attached hydrogen (secondary N) is 2. The lowest BCUT2D eigenvalue weighted by atomic mass is 9.81. The molecule has 0 radical (unpaired) electrons. The smallest absolute Gasteiger partial charge is 0.228 e. The highest BCUT2D eigenvalue weighted by Crippen LogP contribution is 2.54. The number of aryl methyl sites for hydroxylation is 1. The van der Waals surface area contributed by atoms with Gasteiger partial charge in [-0.25, -0.2) is 0 Å². The van der Waals surface area contributed by atoms with Gasteiger partial charge in [0.2, 0.25) is 5.91 Å².